The molecule has 2 fully saturated rings. The number of aldehydes is 1. The number of rotatable bonds is 20. The lowest BCUT2D eigenvalue weighted by Crippen LogP contribution is -2.70. The summed E-state index contributed by atoms with van der Waals surface area (Å²) < 4.78 is 27.4. The second-order valence-electron chi connectivity index (χ2n) is 18.7. The lowest BCUT2D eigenvalue weighted by Gasteiger charge is -2.60. The number of nitrogens with zero attached hydrogens (tertiary/aromatic N) is 3. The molecule has 7 atom stereocenters. The van der Waals surface area contributed by atoms with E-state index in [0.29, 0.717) is 65.5 Å². The molecule has 4 aliphatic rings. The molecule has 2 N–H and O–H groups in total. The van der Waals surface area contributed by atoms with Gasteiger partial charge in [-0.1, -0.05) is 84.7 Å². The number of carbonyl (C=O) groups is 2. The quantitative estimate of drug-likeness (QED) is 0.0333. The summed E-state index contributed by atoms with van der Waals surface area (Å²) in [7, 11) is 0. The van der Waals surface area contributed by atoms with Crippen LogP contribution in [-0.4, -0.2) is 77.6 Å². The number of aliphatic hydroxyl groups is 2. The Morgan fingerprint density at radius 2 is 1.70 bits per heavy atom. The highest BCUT2D eigenvalue weighted by Gasteiger charge is 2.65. The molecule has 5 aromatic rings. The molecule has 70 heavy (non-hydrogen) atoms. The zero-order chi connectivity index (χ0) is 48.5. The van der Waals surface area contributed by atoms with Crippen molar-refractivity contribution in [2.24, 2.45) is 22.9 Å². The number of aliphatic hydroxyl groups excluding tert-OH is 2. The van der Waals surface area contributed by atoms with Gasteiger partial charge in [-0.15, -0.1) is 6.58 Å². The predicted molar refractivity (Wildman–Crippen MR) is 267 cm³/mol. The number of nitriles is 1. The Labute approximate surface area is 409 Å². The summed E-state index contributed by atoms with van der Waals surface area (Å²) in [5, 5.41) is 37.0. The van der Waals surface area contributed by atoms with Crippen LogP contribution in [0.15, 0.2) is 139 Å². The van der Waals surface area contributed by atoms with Crippen molar-refractivity contribution in [2.75, 3.05) is 26.4 Å². The molecular weight excluding hydrogens is 883 g/mol. The van der Waals surface area contributed by atoms with Crippen molar-refractivity contribution < 1.29 is 43.6 Å². The average Bonchev–Trinajstić information content (AvgIpc) is 3.40. The van der Waals surface area contributed by atoms with Gasteiger partial charge < -0.3 is 38.9 Å². The van der Waals surface area contributed by atoms with Crippen molar-refractivity contribution in [2.45, 2.75) is 94.8 Å². The van der Waals surface area contributed by atoms with E-state index in [4.69, 9.17) is 28.9 Å². The molecule has 5 aromatic carbocycles. The number of allylic oxidation sites excluding steroid dienone is 1. The lowest BCUT2D eigenvalue weighted by molar-refractivity contribution is -0.255. The normalized spacial score (nSPS) is 24.0. The van der Waals surface area contributed by atoms with Crippen LogP contribution in [0.3, 0.4) is 0 Å². The van der Waals surface area contributed by atoms with Crippen molar-refractivity contribution in [3.63, 3.8) is 0 Å². The minimum atomic E-state index is -1.53. The third kappa shape index (κ3) is 10.2. The number of unbranched alkanes of at least 4 members (excludes halogenated alkanes) is 2. The largest absolute Gasteiger partial charge is 0.459 e. The first-order valence-electron chi connectivity index (χ1n) is 24.7. The molecule has 0 radical (unpaired) electrons. The van der Waals surface area contributed by atoms with E-state index < -0.39 is 24.0 Å². The summed E-state index contributed by atoms with van der Waals surface area (Å²) >= 11 is 0. The van der Waals surface area contributed by atoms with Crippen LogP contribution in [0.25, 0.3) is 10.8 Å². The Bertz CT molecular complexity index is 2750. The van der Waals surface area contributed by atoms with Crippen LogP contribution in [0.5, 0.6) is 17.2 Å². The Morgan fingerprint density at radius 1 is 0.914 bits per heavy atom. The summed E-state index contributed by atoms with van der Waals surface area (Å²) in [5.74, 6) is -1.06. The van der Waals surface area contributed by atoms with Crippen LogP contribution < -0.4 is 9.47 Å². The van der Waals surface area contributed by atoms with Gasteiger partial charge in [0.15, 0.2) is 0 Å². The van der Waals surface area contributed by atoms with E-state index in [1.54, 1.807) is 48.5 Å². The van der Waals surface area contributed by atoms with E-state index in [0.717, 1.165) is 72.3 Å². The number of carbonyl (C=O) groups excluding carboxylic acids is 2. The van der Waals surface area contributed by atoms with Gasteiger partial charge in [-0.05, 0) is 127 Å². The minimum absolute atomic E-state index is 0.0122. The van der Waals surface area contributed by atoms with Gasteiger partial charge in [-0.2, -0.15) is 5.26 Å². The fraction of sp³-hybridized carbons (Fsp3) is 0.379. The molecule has 9 rings (SSSR count). The fourth-order valence-electron chi connectivity index (χ4n) is 11.2. The number of hydrogen-bond acceptors (Lipinski definition) is 11. The average molecular weight is 944 g/mol. The van der Waals surface area contributed by atoms with Gasteiger partial charge in [0.1, 0.15) is 29.6 Å². The first kappa shape index (κ1) is 48.4. The second-order valence-corrected chi connectivity index (χ2v) is 18.7. The van der Waals surface area contributed by atoms with Crippen molar-refractivity contribution in [1.82, 2.24) is 4.90 Å². The van der Waals surface area contributed by atoms with Gasteiger partial charge in [0.05, 0.1) is 36.5 Å². The number of amides is 1. The zero-order valence-electron chi connectivity index (χ0n) is 39.5. The van der Waals surface area contributed by atoms with Crippen LogP contribution >= 0.6 is 0 Å². The summed E-state index contributed by atoms with van der Waals surface area (Å²) in [4.78, 5) is 35.7. The van der Waals surface area contributed by atoms with E-state index in [1.165, 1.54) is 0 Å². The molecule has 2 aliphatic heterocycles. The zero-order valence-corrected chi connectivity index (χ0v) is 39.5. The van der Waals surface area contributed by atoms with Crippen molar-refractivity contribution >= 4 is 28.7 Å². The fourth-order valence-corrected chi connectivity index (χ4v) is 11.2. The van der Waals surface area contributed by atoms with E-state index in [1.807, 2.05) is 53.4 Å². The Balaban J connectivity index is 1.28. The van der Waals surface area contributed by atoms with Gasteiger partial charge in [0, 0.05) is 55.2 Å². The predicted octanol–water partition coefficient (Wildman–Crippen LogP) is 10.8. The van der Waals surface area contributed by atoms with Crippen LogP contribution in [0.4, 0.5) is 0 Å². The molecule has 0 spiro atoms. The van der Waals surface area contributed by atoms with E-state index >= 15 is 4.79 Å². The third-order valence-electron chi connectivity index (χ3n) is 14.4. The van der Waals surface area contributed by atoms with Crippen LogP contribution in [0.2, 0.25) is 0 Å². The first-order chi connectivity index (χ1) is 34.4. The number of fused-ring (bicyclic) bond motifs is 3. The topological polar surface area (TPSA) is 160 Å². The first-order valence-corrected chi connectivity index (χ1v) is 24.7. The number of ether oxygens (including phenoxy) is 4. The van der Waals surface area contributed by atoms with Crippen LogP contribution in [0, 0.1) is 29.1 Å². The number of oxime groups is 1. The molecule has 7 unspecified atom stereocenters. The number of benzene rings is 5. The lowest BCUT2D eigenvalue weighted by atomic mass is 9.55. The molecule has 1 saturated heterocycles. The van der Waals surface area contributed by atoms with Crippen molar-refractivity contribution in [3.8, 4) is 23.3 Å². The van der Waals surface area contributed by atoms with Gasteiger partial charge in [0.2, 0.25) is 12.1 Å². The van der Waals surface area contributed by atoms with Crippen LogP contribution in [0.1, 0.15) is 108 Å². The maximum absolute atomic E-state index is 15.7. The molecular formula is C58H61N3O9. The molecule has 0 bridgehead atoms. The maximum Gasteiger partial charge on any atom is 0.254 e. The molecule has 0 aromatic heterocycles. The summed E-state index contributed by atoms with van der Waals surface area (Å²) in [6, 6.07) is 35.1. The van der Waals surface area contributed by atoms with E-state index in [2.05, 4.69) is 36.9 Å². The summed E-state index contributed by atoms with van der Waals surface area (Å²) in [5.41, 5.74) is 4.71. The molecule has 2 heterocycles. The van der Waals surface area contributed by atoms with Crippen LogP contribution in [-0.2, 0) is 20.9 Å². The molecule has 12 nitrogen and oxygen atoms in total. The van der Waals surface area contributed by atoms with E-state index in [9.17, 15) is 20.3 Å². The van der Waals surface area contributed by atoms with Crippen molar-refractivity contribution in [1.29, 1.82) is 5.26 Å². The summed E-state index contributed by atoms with van der Waals surface area (Å²) in [6.07, 6.45) is 11.4. The highest BCUT2D eigenvalue weighted by molar-refractivity contribution is 6.03. The monoisotopic (exact) mass is 943 g/mol. The number of hydrogen-bond donors (Lipinski definition) is 2. The highest BCUT2D eigenvalue weighted by atomic mass is 16.8. The maximum atomic E-state index is 15.7. The smallest absolute Gasteiger partial charge is 0.254 e. The van der Waals surface area contributed by atoms with E-state index in [-0.39, 0.29) is 56.4 Å². The Hall–Kier alpha value is -6.62. The Morgan fingerprint density at radius 3 is 2.47 bits per heavy atom. The van der Waals surface area contributed by atoms with Gasteiger partial charge in [-0.3, -0.25) is 9.59 Å². The Kier molecular flexibility index (Phi) is 15.5. The van der Waals surface area contributed by atoms with Gasteiger partial charge in [0.25, 0.3) is 5.91 Å². The minimum Gasteiger partial charge on any atom is -0.459 e. The molecule has 362 valence electrons. The standard InChI is InChI=1S/C58H61N3O9/c1-2-30-67-58-53(61(57(65)42-24-22-39(36-59)23-25-42)37-44-17-12-16-41-14-3-4-19-47(41)44)35-51(60-70-54-21-7-10-31-66-54)49-33-43(15-5-8-28-62)48(20-6-9-29-63)55(56(49)58)50-34-46(26-27-52(50)69-58)68-45-18-11-13-40(32-45)38-64/h2-4,11-14,16-19,22-27,32-34,38,43,48,53-56,62-63H,1,5-10,15,20-21,28-31,35,37H2. The summed E-state index contributed by atoms with van der Waals surface area (Å²) in [6.45, 7) is 5.08. The van der Waals surface area contributed by atoms with Gasteiger partial charge in [-0.25, -0.2) is 0 Å². The third-order valence-corrected chi connectivity index (χ3v) is 14.4. The van der Waals surface area contributed by atoms with Gasteiger partial charge >= 0.3 is 0 Å². The molecule has 1 saturated carbocycles. The SMILES string of the molecule is C=CCOC12Oc3ccc(Oc4cccc(C=O)c4)cc3C3C(CCCCO)C(CCCCO)C=C(C(=NOC4CCCCO4)CC1N(Cc1cccc4ccccc14)C(=O)c1ccc(C#N)cc1)C32. The molecule has 2 aliphatic carbocycles. The van der Waals surface area contributed by atoms with Crippen molar-refractivity contribution in [3.05, 3.63) is 161 Å². The second kappa shape index (κ2) is 22.4. The molecule has 1 amide bonds. The molecule has 12 heteroatoms. The highest BCUT2D eigenvalue weighted by Crippen LogP contribution is 2.62.